The summed E-state index contributed by atoms with van der Waals surface area (Å²) in [5, 5.41) is 5.18. The van der Waals surface area contributed by atoms with Crippen molar-refractivity contribution in [3.8, 4) is 0 Å². The van der Waals surface area contributed by atoms with Crippen molar-refractivity contribution in [2.24, 2.45) is 5.92 Å². The molecule has 0 fully saturated rings. The van der Waals surface area contributed by atoms with E-state index >= 15 is 0 Å². The first-order chi connectivity index (χ1) is 8.01. The standard InChI is InChI=1S/C13H21ClN2O/c1-5-10-13(14)11(16(6-2)15-10)7-8-12(17)9(3)4/h9H,5-8H2,1-4H3. The molecular weight excluding hydrogens is 236 g/mol. The number of aryl methyl sites for hydroxylation is 2. The number of ketones is 1. The number of hydrogen-bond acceptors (Lipinski definition) is 2. The van der Waals surface area contributed by atoms with Crippen LogP contribution in [0.3, 0.4) is 0 Å². The number of aromatic nitrogens is 2. The van der Waals surface area contributed by atoms with Crippen LogP contribution in [0.2, 0.25) is 5.02 Å². The fraction of sp³-hybridized carbons (Fsp3) is 0.692. The summed E-state index contributed by atoms with van der Waals surface area (Å²) < 4.78 is 1.91. The van der Waals surface area contributed by atoms with Gasteiger partial charge in [0.25, 0.3) is 0 Å². The number of carbonyl (C=O) groups is 1. The zero-order valence-corrected chi connectivity index (χ0v) is 11.8. The molecule has 17 heavy (non-hydrogen) atoms. The minimum atomic E-state index is 0.0948. The molecule has 0 radical (unpaired) electrons. The minimum Gasteiger partial charge on any atom is -0.299 e. The number of hydrogen-bond donors (Lipinski definition) is 0. The van der Waals surface area contributed by atoms with Gasteiger partial charge in [0.15, 0.2) is 0 Å². The highest BCUT2D eigenvalue weighted by molar-refractivity contribution is 6.31. The first-order valence-corrected chi connectivity index (χ1v) is 6.65. The molecule has 1 aromatic heterocycles. The monoisotopic (exact) mass is 256 g/mol. The molecule has 1 aromatic rings. The Morgan fingerprint density at radius 1 is 1.41 bits per heavy atom. The third kappa shape index (κ3) is 3.32. The second-order valence-electron chi connectivity index (χ2n) is 4.50. The summed E-state index contributed by atoms with van der Waals surface area (Å²) in [6, 6.07) is 0. The van der Waals surface area contributed by atoms with Gasteiger partial charge in [-0.05, 0) is 19.8 Å². The molecule has 96 valence electrons. The molecule has 0 saturated heterocycles. The van der Waals surface area contributed by atoms with Crippen LogP contribution in [-0.2, 0) is 24.2 Å². The minimum absolute atomic E-state index is 0.0948. The number of carbonyl (C=O) groups excluding carboxylic acids is 1. The summed E-state index contributed by atoms with van der Waals surface area (Å²) >= 11 is 6.28. The second kappa shape index (κ2) is 6.20. The fourth-order valence-corrected chi connectivity index (χ4v) is 2.15. The van der Waals surface area contributed by atoms with Gasteiger partial charge in [-0.25, -0.2) is 0 Å². The van der Waals surface area contributed by atoms with E-state index in [-0.39, 0.29) is 11.7 Å². The molecule has 4 heteroatoms. The first kappa shape index (κ1) is 14.2. The molecule has 3 nitrogen and oxygen atoms in total. The Hall–Kier alpha value is -0.830. The van der Waals surface area contributed by atoms with Gasteiger partial charge < -0.3 is 0 Å². The van der Waals surface area contributed by atoms with Crippen LogP contribution in [0.25, 0.3) is 0 Å². The first-order valence-electron chi connectivity index (χ1n) is 6.27. The lowest BCUT2D eigenvalue weighted by molar-refractivity contribution is -0.121. The van der Waals surface area contributed by atoms with Crippen molar-refractivity contribution in [2.75, 3.05) is 0 Å². The average molecular weight is 257 g/mol. The van der Waals surface area contributed by atoms with Crippen LogP contribution in [-0.4, -0.2) is 15.6 Å². The van der Waals surface area contributed by atoms with Crippen molar-refractivity contribution in [3.63, 3.8) is 0 Å². The molecule has 0 aromatic carbocycles. The average Bonchev–Trinajstić information content (AvgIpc) is 2.62. The SMILES string of the molecule is CCc1nn(CC)c(CCC(=O)C(C)C)c1Cl. The fourth-order valence-electron chi connectivity index (χ4n) is 1.79. The Balaban J connectivity index is 2.82. The Morgan fingerprint density at radius 2 is 2.06 bits per heavy atom. The quantitative estimate of drug-likeness (QED) is 0.783. The Kier molecular flexibility index (Phi) is 5.19. The van der Waals surface area contributed by atoms with E-state index in [0.29, 0.717) is 12.8 Å². The zero-order chi connectivity index (χ0) is 13.0. The smallest absolute Gasteiger partial charge is 0.135 e. The highest BCUT2D eigenvalue weighted by atomic mass is 35.5. The molecule has 0 atom stereocenters. The van der Waals surface area contributed by atoms with Gasteiger partial charge in [0.1, 0.15) is 5.78 Å². The molecule has 1 heterocycles. The highest BCUT2D eigenvalue weighted by Gasteiger charge is 2.16. The molecule has 0 aliphatic rings. The zero-order valence-electron chi connectivity index (χ0n) is 11.1. The van der Waals surface area contributed by atoms with E-state index < -0.39 is 0 Å². The second-order valence-corrected chi connectivity index (χ2v) is 4.88. The molecule has 0 amide bonds. The van der Waals surface area contributed by atoms with Gasteiger partial charge in [0.05, 0.1) is 16.4 Å². The molecule has 0 spiro atoms. The lowest BCUT2D eigenvalue weighted by atomic mass is 10.0. The maximum Gasteiger partial charge on any atom is 0.135 e. The van der Waals surface area contributed by atoms with Crippen molar-refractivity contribution >= 4 is 17.4 Å². The Bertz CT molecular complexity index is 396. The number of rotatable bonds is 6. The van der Waals surface area contributed by atoms with E-state index in [0.717, 1.165) is 29.4 Å². The van der Waals surface area contributed by atoms with Crippen molar-refractivity contribution in [1.82, 2.24) is 9.78 Å². The molecular formula is C13H21ClN2O. The van der Waals surface area contributed by atoms with Crippen molar-refractivity contribution in [1.29, 1.82) is 0 Å². The molecule has 0 N–H and O–H groups in total. The van der Waals surface area contributed by atoms with Gasteiger partial charge in [0, 0.05) is 18.9 Å². The van der Waals surface area contributed by atoms with Crippen LogP contribution >= 0.6 is 11.6 Å². The third-order valence-corrected chi connectivity index (χ3v) is 3.38. The van der Waals surface area contributed by atoms with Crippen molar-refractivity contribution < 1.29 is 4.79 Å². The van der Waals surface area contributed by atoms with E-state index in [2.05, 4.69) is 5.10 Å². The van der Waals surface area contributed by atoms with Crippen LogP contribution in [0.1, 0.15) is 45.5 Å². The van der Waals surface area contributed by atoms with Crippen molar-refractivity contribution in [3.05, 3.63) is 16.4 Å². The number of nitrogens with zero attached hydrogens (tertiary/aromatic N) is 2. The lowest BCUT2D eigenvalue weighted by Crippen LogP contribution is -2.10. The van der Waals surface area contributed by atoms with Crippen LogP contribution in [0, 0.1) is 5.92 Å². The summed E-state index contributed by atoms with van der Waals surface area (Å²) in [4.78, 5) is 11.6. The molecule has 0 saturated carbocycles. The summed E-state index contributed by atoms with van der Waals surface area (Å²) in [7, 11) is 0. The summed E-state index contributed by atoms with van der Waals surface area (Å²) in [6.07, 6.45) is 2.07. The lowest BCUT2D eigenvalue weighted by Gasteiger charge is -2.06. The Labute approximate surface area is 108 Å². The normalized spacial score (nSPS) is 11.2. The van der Waals surface area contributed by atoms with Gasteiger partial charge in [0.2, 0.25) is 0 Å². The summed E-state index contributed by atoms with van der Waals surface area (Å²) in [6.45, 7) is 8.73. The van der Waals surface area contributed by atoms with E-state index in [4.69, 9.17) is 11.6 Å². The van der Waals surface area contributed by atoms with Crippen LogP contribution < -0.4 is 0 Å². The maximum atomic E-state index is 11.6. The Morgan fingerprint density at radius 3 is 2.53 bits per heavy atom. The van der Waals surface area contributed by atoms with Gasteiger partial charge in [-0.1, -0.05) is 32.4 Å². The van der Waals surface area contributed by atoms with Gasteiger partial charge in [-0.2, -0.15) is 5.10 Å². The van der Waals surface area contributed by atoms with Crippen LogP contribution in [0.15, 0.2) is 0 Å². The van der Waals surface area contributed by atoms with Gasteiger partial charge in [-0.15, -0.1) is 0 Å². The number of Topliss-reactive ketones (excluding diaryl/α,β-unsaturated/α-hetero) is 1. The van der Waals surface area contributed by atoms with Gasteiger partial charge >= 0.3 is 0 Å². The third-order valence-electron chi connectivity index (χ3n) is 2.95. The number of halogens is 1. The molecule has 0 aliphatic heterocycles. The van der Waals surface area contributed by atoms with E-state index in [9.17, 15) is 4.79 Å². The molecule has 1 rings (SSSR count). The van der Waals surface area contributed by atoms with E-state index in [1.165, 1.54) is 0 Å². The topological polar surface area (TPSA) is 34.9 Å². The summed E-state index contributed by atoms with van der Waals surface area (Å²) in [5.74, 6) is 0.375. The van der Waals surface area contributed by atoms with E-state index in [1.807, 2.05) is 32.4 Å². The largest absolute Gasteiger partial charge is 0.299 e. The van der Waals surface area contributed by atoms with Crippen LogP contribution in [0.4, 0.5) is 0 Å². The molecule has 0 aliphatic carbocycles. The molecule has 0 unspecified atom stereocenters. The molecule has 0 bridgehead atoms. The van der Waals surface area contributed by atoms with Gasteiger partial charge in [-0.3, -0.25) is 9.48 Å². The predicted molar refractivity (Wildman–Crippen MR) is 70.5 cm³/mol. The highest BCUT2D eigenvalue weighted by Crippen LogP contribution is 2.23. The van der Waals surface area contributed by atoms with Crippen LogP contribution in [0.5, 0.6) is 0 Å². The summed E-state index contributed by atoms with van der Waals surface area (Å²) in [5.41, 5.74) is 1.93. The maximum absolute atomic E-state index is 11.6. The van der Waals surface area contributed by atoms with E-state index in [1.54, 1.807) is 0 Å². The predicted octanol–water partition coefficient (Wildman–Crippen LogP) is 3.28. The van der Waals surface area contributed by atoms with Crippen molar-refractivity contribution in [2.45, 2.75) is 53.5 Å².